The predicted molar refractivity (Wildman–Crippen MR) is 46.4 cm³/mol. The van der Waals surface area contributed by atoms with E-state index in [0.717, 1.165) is 0 Å². The van der Waals surface area contributed by atoms with Crippen LogP contribution >= 0.6 is 0 Å². The minimum atomic E-state index is -0.407. The first kappa shape index (κ1) is 9.38. The molecule has 0 aromatic heterocycles. The van der Waals surface area contributed by atoms with Gasteiger partial charge in [0.05, 0.1) is 12.7 Å². The van der Waals surface area contributed by atoms with Crippen molar-refractivity contribution in [2.75, 3.05) is 7.11 Å². The number of ether oxygens (including phenoxy) is 1. The van der Waals surface area contributed by atoms with Gasteiger partial charge in [0, 0.05) is 0 Å². The maximum absolute atomic E-state index is 10.6. The van der Waals surface area contributed by atoms with Gasteiger partial charge in [-0.15, -0.1) is 0 Å². The fourth-order valence-electron chi connectivity index (χ4n) is 1.13. The Morgan fingerprint density at radius 1 is 1.46 bits per heavy atom. The molecule has 0 heterocycles. The van der Waals surface area contributed by atoms with Crippen LogP contribution < -0.4 is 4.74 Å². The molecule has 0 fully saturated rings. The molecule has 1 aromatic rings. The summed E-state index contributed by atoms with van der Waals surface area (Å²) >= 11 is 0. The molecule has 4 nitrogen and oxygen atoms in total. The number of hydrogen-bond acceptors (Lipinski definition) is 4. The van der Waals surface area contributed by atoms with Crippen LogP contribution in [0.4, 0.5) is 0 Å². The molecule has 0 amide bonds. The molecule has 4 heteroatoms. The van der Waals surface area contributed by atoms with Gasteiger partial charge in [0.25, 0.3) is 0 Å². The minimum absolute atomic E-state index is 0.00694. The summed E-state index contributed by atoms with van der Waals surface area (Å²) in [5, 5.41) is 18.5. The average molecular weight is 182 g/mol. The number of aryl methyl sites for hydroxylation is 1. The first-order chi connectivity index (χ1) is 6.11. The lowest BCUT2D eigenvalue weighted by Gasteiger charge is -2.09. The second kappa shape index (κ2) is 3.35. The summed E-state index contributed by atoms with van der Waals surface area (Å²) in [6.45, 7) is 1.64. The number of carbonyl (C=O) groups is 1. The summed E-state index contributed by atoms with van der Waals surface area (Å²) < 4.78 is 4.79. The number of aldehydes is 1. The molecule has 0 aliphatic heterocycles. The Kier molecular flexibility index (Phi) is 2.41. The van der Waals surface area contributed by atoms with E-state index in [4.69, 9.17) is 4.74 Å². The van der Waals surface area contributed by atoms with E-state index >= 15 is 0 Å². The van der Waals surface area contributed by atoms with Crippen molar-refractivity contribution in [3.8, 4) is 17.2 Å². The van der Waals surface area contributed by atoms with E-state index in [0.29, 0.717) is 11.8 Å². The molecule has 70 valence electrons. The molecule has 13 heavy (non-hydrogen) atoms. The third kappa shape index (κ3) is 1.42. The first-order valence-electron chi connectivity index (χ1n) is 3.66. The summed E-state index contributed by atoms with van der Waals surface area (Å²) in [7, 11) is 1.32. The van der Waals surface area contributed by atoms with Gasteiger partial charge in [-0.25, -0.2) is 0 Å². The molecular formula is C9H10O4. The Balaban J connectivity index is 3.50. The fraction of sp³-hybridized carbons (Fsp3) is 0.222. The molecule has 0 radical (unpaired) electrons. The van der Waals surface area contributed by atoms with Crippen molar-refractivity contribution in [2.24, 2.45) is 0 Å². The van der Waals surface area contributed by atoms with Crippen LogP contribution in [0.15, 0.2) is 6.07 Å². The molecule has 0 aliphatic carbocycles. The van der Waals surface area contributed by atoms with Crippen molar-refractivity contribution in [1.82, 2.24) is 0 Å². The van der Waals surface area contributed by atoms with Gasteiger partial charge in [0.2, 0.25) is 5.75 Å². The smallest absolute Gasteiger partial charge is 0.201 e. The van der Waals surface area contributed by atoms with Crippen LogP contribution in [0.1, 0.15) is 15.9 Å². The Bertz CT molecular complexity index is 344. The van der Waals surface area contributed by atoms with Gasteiger partial charge in [-0.3, -0.25) is 4.79 Å². The lowest BCUT2D eigenvalue weighted by atomic mass is 10.1. The molecule has 0 atom stereocenters. The van der Waals surface area contributed by atoms with E-state index in [-0.39, 0.29) is 17.1 Å². The first-order valence-corrected chi connectivity index (χ1v) is 3.66. The highest BCUT2D eigenvalue weighted by atomic mass is 16.5. The van der Waals surface area contributed by atoms with Crippen molar-refractivity contribution >= 4 is 6.29 Å². The molecular weight excluding hydrogens is 172 g/mol. The maximum atomic E-state index is 10.6. The van der Waals surface area contributed by atoms with Gasteiger partial charge in [-0.05, 0) is 18.6 Å². The van der Waals surface area contributed by atoms with Gasteiger partial charge in [0.15, 0.2) is 17.8 Å². The van der Waals surface area contributed by atoms with Crippen molar-refractivity contribution in [1.29, 1.82) is 0 Å². The molecule has 0 bridgehead atoms. The standard InChI is InChI=1S/C9H10O4/c1-5-3-7(11)8(12)9(13-2)6(5)4-10/h3-4,11-12H,1-2H3. The van der Waals surface area contributed by atoms with E-state index in [9.17, 15) is 15.0 Å². The summed E-state index contributed by atoms with van der Waals surface area (Å²) in [6.07, 6.45) is 0.577. The van der Waals surface area contributed by atoms with Gasteiger partial charge in [0.1, 0.15) is 0 Å². The van der Waals surface area contributed by atoms with Crippen LogP contribution in [0.3, 0.4) is 0 Å². The summed E-state index contributed by atoms with van der Waals surface area (Å²) in [5.41, 5.74) is 0.806. The van der Waals surface area contributed by atoms with Crippen LogP contribution in [-0.2, 0) is 0 Å². The lowest BCUT2D eigenvalue weighted by molar-refractivity contribution is 0.111. The Hall–Kier alpha value is -1.71. The van der Waals surface area contributed by atoms with Gasteiger partial charge < -0.3 is 14.9 Å². The highest BCUT2D eigenvalue weighted by Gasteiger charge is 2.15. The molecule has 0 unspecified atom stereocenters. The number of carbonyl (C=O) groups excluding carboxylic acids is 1. The molecule has 0 saturated heterocycles. The van der Waals surface area contributed by atoms with E-state index in [2.05, 4.69) is 0 Å². The van der Waals surface area contributed by atoms with E-state index in [1.807, 2.05) is 0 Å². The summed E-state index contributed by atoms with van der Waals surface area (Å²) in [5.74, 6) is -0.692. The largest absolute Gasteiger partial charge is 0.504 e. The van der Waals surface area contributed by atoms with E-state index < -0.39 is 5.75 Å². The van der Waals surface area contributed by atoms with Crippen LogP contribution in [0.2, 0.25) is 0 Å². The quantitative estimate of drug-likeness (QED) is 0.533. The molecule has 0 saturated carbocycles. The second-order valence-corrected chi connectivity index (χ2v) is 2.63. The molecule has 0 aliphatic rings. The zero-order chi connectivity index (χ0) is 10.0. The molecule has 2 N–H and O–H groups in total. The van der Waals surface area contributed by atoms with Gasteiger partial charge in [-0.1, -0.05) is 0 Å². The van der Waals surface area contributed by atoms with Crippen molar-refractivity contribution in [3.05, 3.63) is 17.2 Å². The zero-order valence-corrected chi connectivity index (χ0v) is 7.37. The minimum Gasteiger partial charge on any atom is -0.504 e. The SMILES string of the molecule is COc1c(O)c(O)cc(C)c1C=O. The highest BCUT2D eigenvalue weighted by molar-refractivity contribution is 5.84. The van der Waals surface area contributed by atoms with Crippen molar-refractivity contribution < 1.29 is 19.7 Å². The summed E-state index contributed by atoms with van der Waals surface area (Å²) in [6, 6.07) is 1.31. The number of aromatic hydroxyl groups is 2. The monoisotopic (exact) mass is 182 g/mol. The van der Waals surface area contributed by atoms with Gasteiger partial charge in [-0.2, -0.15) is 0 Å². The molecule has 0 spiro atoms. The maximum Gasteiger partial charge on any atom is 0.201 e. The van der Waals surface area contributed by atoms with E-state index in [1.165, 1.54) is 13.2 Å². The number of phenolic OH excluding ortho intramolecular Hbond substituents is 2. The predicted octanol–water partition coefficient (Wildman–Crippen LogP) is 1.23. The number of hydrogen-bond donors (Lipinski definition) is 2. The van der Waals surface area contributed by atoms with Gasteiger partial charge >= 0.3 is 0 Å². The Morgan fingerprint density at radius 2 is 2.08 bits per heavy atom. The third-order valence-corrected chi connectivity index (χ3v) is 1.80. The number of benzene rings is 1. The Morgan fingerprint density at radius 3 is 2.54 bits per heavy atom. The number of methoxy groups -OCH3 is 1. The topological polar surface area (TPSA) is 66.8 Å². The highest BCUT2D eigenvalue weighted by Crippen LogP contribution is 2.39. The van der Waals surface area contributed by atoms with Crippen LogP contribution in [0.25, 0.3) is 0 Å². The van der Waals surface area contributed by atoms with Crippen LogP contribution in [0.5, 0.6) is 17.2 Å². The number of phenols is 2. The van der Waals surface area contributed by atoms with E-state index in [1.54, 1.807) is 6.92 Å². The second-order valence-electron chi connectivity index (χ2n) is 2.63. The number of rotatable bonds is 2. The summed E-state index contributed by atoms with van der Waals surface area (Å²) in [4.78, 5) is 10.6. The van der Waals surface area contributed by atoms with Crippen LogP contribution in [-0.4, -0.2) is 23.6 Å². The van der Waals surface area contributed by atoms with Crippen molar-refractivity contribution in [2.45, 2.75) is 6.92 Å². The Labute approximate surface area is 75.4 Å². The normalized spacial score (nSPS) is 9.69. The average Bonchev–Trinajstić information content (AvgIpc) is 2.10. The lowest BCUT2D eigenvalue weighted by Crippen LogP contribution is -1.94. The molecule has 1 aromatic carbocycles. The van der Waals surface area contributed by atoms with Crippen LogP contribution in [0, 0.1) is 6.92 Å². The zero-order valence-electron chi connectivity index (χ0n) is 7.37. The molecule has 1 rings (SSSR count). The van der Waals surface area contributed by atoms with Crippen molar-refractivity contribution in [3.63, 3.8) is 0 Å². The third-order valence-electron chi connectivity index (χ3n) is 1.80. The fourth-order valence-corrected chi connectivity index (χ4v) is 1.13.